The third-order valence-corrected chi connectivity index (χ3v) is 4.03. The van der Waals surface area contributed by atoms with E-state index in [9.17, 15) is 0 Å². The van der Waals surface area contributed by atoms with Crippen molar-refractivity contribution < 1.29 is 13.3 Å². The zero-order chi connectivity index (χ0) is 11.7. The average molecular weight is 234 g/mol. The molecule has 0 heterocycles. The molecule has 0 aromatic heterocycles. The Bertz CT molecular complexity index is 143. The summed E-state index contributed by atoms with van der Waals surface area (Å²) < 4.78 is 17.1. The fraction of sp³-hybridized carbons (Fsp3) is 1.00. The van der Waals surface area contributed by atoms with Crippen molar-refractivity contribution in [1.82, 2.24) is 0 Å². The highest BCUT2D eigenvalue weighted by molar-refractivity contribution is 6.36. The van der Waals surface area contributed by atoms with E-state index in [4.69, 9.17) is 13.3 Å². The van der Waals surface area contributed by atoms with Crippen molar-refractivity contribution in [2.24, 2.45) is 0 Å². The molecule has 92 valence electrons. The van der Waals surface area contributed by atoms with Crippen molar-refractivity contribution >= 4 is 9.53 Å². The van der Waals surface area contributed by atoms with E-state index in [-0.39, 0.29) is 5.60 Å². The number of hydrogen-bond acceptors (Lipinski definition) is 3. The Hall–Kier alpha value is 0.0969. The minimum atomic E-state index is -1.91. The first-order valence-electron chi connectivity index (χ1n) is 5.96. The van der Waals surface area contributed by atoms with E-state index in [0.29, 0.717) is 0 Å². The Morgan fingerprint density at radius 2 is 1.40 bits per heavy atom. The predicted octanol–water partition coefficient (Wildman–Crippen LogP) is 2.76. The van der Waals surface area contributed by atoms with Gasteiger partial charge in [0.25, 0.3) is 0 Å². The van der Waals surface area contributed by atoms with Crippen molar-refractivity contribution in [3.63, 3.8) is 0 Å². The lowest BCUT2D eigenvalue weighted by molar-refractivity contribution is 0.00965. The van der Waals surface area contributed by atoms with Gasteiger partial charge < -0.3 is 13.3 Å². The molecule has 0 spiro atoms. The van der Waals surface area contributed by atoms with Gasteiger partial charge in [-0.25, -0.2) is 0 Å². The molecule has 0 bridgehead atoms. The quantitative estimate of drug-likeness (QED) is 0.574. The molecule has 0 rings (SSSR count). The SMILES string of the molecule is CCCO[SiH](OCCC)OC(C)(C)CC. The van der Waals surface area contributed by atoms with Crippen molar-refractivity contribution in [1.29, 1.82) is 0 Å². The first kappa shape index (κ1) is 15.1. The van der Waals surface area contributed by atoms with Gasteiger partial charge in [0.15, 0.2) is 0 Å². The van der Waals surface area contributed by atoms with Crippen LogP contribution < -0.4 is 0 Å². The van der Waals surface area contributed by atoms with Crippen LogP contribution in [0.5, 0.6) is 0 Å². The van der Waals surface area contributed by atoms with Crippen LogP contribution in [0.2, 0.25) is 0 Å². The molecule has 0 unspecified atom stereocenters. The monoisotopic (exact) mass is 234 g/mol. The van der Waals surface area contributed by atoms with Gasteiger partial charge in [0.05, 0.1) is 5.60 Å². The maximum Gasteiger partial charge on any atom is 0.484 e. The summed E-state index contributed by atoms with van der Waals surface area (Å²) >= 11 is 0. The van der Waals surface area contributed by atoms with Gasteiger partial charge >= 0.3 is 9.53 Å². The van der Waals surface area contributed by atoms with E-state index in [1.54, 1.807) is 0 Å². The summed E-state index contributed by atoms with van der Waals surface area (Å²) in [7, 11) is -1.91. The van der Waals surface area contributed by atoms with Crippen molar-refractivity contribution in [2.75, 3.05) is 13.2 Å². The Labute approximate surface area is 96.1 Å². The summed E-state index contributed by atoms with van der Waals surface area (Å²) in [6.45, 7) is 11.9. The third kappa shape index (κ3) is 7.96. The van der Waals surface area contributed by atoms with Crippen LogP contribution in [0.15, 0.2) is 0 Å². The zero-order valence-electron chi connectivity index (χ0n) is 10.8. The number of rotatable bonds is 9. The van der Waals surface area contributed by atoms with E-state index in [2.05, 4.69) is 34.6 Å². The highest BCUT2D eigenvalue weighted by Gasteiger charge is 2.25. The fourth-order valence-corrected chi connectivity index (χ4v) is 2.66. The first-order valence-corrected chi connectivity index (χ1v) is 7.38. The van der Waals surface area contributed by atoms with Crippen LogP contribution in [-0.2, 0) is 13.3 Å². The second kappa shape index (κ2) is 8.27. The molecule has 0 aliphatic rings. The summed E-state index contributed by atoms with van der Waals surface area (Å²) in [6.07, 6.45) is 2.99. The third-order valence-electron chi connectivity index (χ3n) is 2.18. The second-order valence-electron chi connectivity index (χ2n) is 4.26. The number of hydrogen-bond donors (Lipinski definition) is 0. The zero-order valence-corrected chi connectivity index (χ0v) is 12.0. The standard InChI is InChI=1S/C11H26O3Si/c1-6-9-12-15(13-10-7-2)14-11(4,5)8-3/h15H,6-10H2,1-5H3. The van der Waals surface area contributed by atoms with Gasteiger partial charge in [-0.3, -0.25) is 0 Å². The molecule has 3 nitrogen and oxygen atoms in total. The predicted molar refractivity (Wildman–Crippen MR) is 65.1 cm³/mol. The van der Waals surface area contributed by atoms with Crippen LogP contribution in [0.25, 0.3) is 0 Å². The summed E-state index contributed by atoms with van der Waals surface area (Å²) in [5.74, 6) is 0. The molecule has 4 heteroatoms. The molecule has 0 radical (unpaired) electrons. The second-order valence-corrected chi connectivity index (χ2v) is 5.74. The van der Waals surface area contributed by atoms with Crippen molar-refractivity contribution in [2.45, 2.75) is 59.5 Å². The maximum atomic E-state index is 5.89. The highest BCUT2D eigenvalue weighted by atomic mass is 28.3. The summed E-state index contributed by atoms with van der Waals surface area (Å²) in [6, 6.07) is 0. The molecular formula is C11H26O3Si. The Morgan fingerprint density at radius 1 is 0.933 bits per heavy atom. The van der Waals surface area contributed by atoms with Crippen LogP contribution in [0.3, 0.4) is 0 Å². The molecule has 0 N–H and O–H groups in total. The lowest BCUT2D eigenvalue weighted by Gasteiger charge is -2.28. The molecule has 0 aromatic carbocycles. The van der Waals surface area contributed by atoms with Crippen LogP contribution >= 0.6 is 0 Å². The van der Waals surface area contributed by atoms with Gasteiger partial charge in [-0.2, -0.15) is 0 Å². The van der Waals surface area contributed by atoms with Gasteiger partial charge in [0.2, 0.25) is 0 Å². The molecule has 0 saturated heterocycles. The summed E-state index contributed by atoms with van der Waals surface area (Å²) in [5.41, 5.74) is -0.127. The molecule has 0 saturated carbocycles. The normalized spacial score (nSPS) is 12.4. The minimum Gasteiger partial charge on any atom is -0.376 e. The summed E-state index contributed by atoms with van der Waals surface area (Å²) in [4.78, 5) is 0. The lowest BCUT2D eigenvalue weighted by atomic mass is 10.1. The highest BCUT2D eigenvalue weighted by Crippen LogP contribution is 2.16. The molecular weight excluding hydrogens is 208 g/mol. The van der Waals surface area contributed by atoms with Crippen LogP contribution in [0, 0.1) is 0 Å². The van der Waals surface area contributed by atoms with Crippen LogP contribution in [0.1, 0.15) is 53.9 Å². The largest absolute Gasteiger partial charge is 0.484 e. The molecule has 0 aliphatic carbocycles. The first-order chi connectivity index (χ1) is 7.05. The van der Waals surface area contributed by atoms with Gasteiger partial charge in [-0.1, -0.05) is 20.8 Å². The molecule has 0 atom stereocenters. The fourth-order valence-electron chi connectivity index (χ4n) is 0.888. The Morgan fingerprint density at radius 3 is 1.73 bits per heavy atom. The molecule has 0 aliphatic heterocycles. The van der Waals surface area contributed by atoms with E-state index in [0.717, 1.165) is 32.5 Å². The lowest BCUT2D eigenvalue weighted by Crippen LogP contribution is -2.37. The van der Waals surface area contributed by atoms with E-state index >= 15 is 0 Å². The van der Waals surface area contributed by atoms with E-state index in [1.807, 2.05) is 0 Å². The van der Waals surface area contributed by atoms with Crippen molar-refractivity contribution in [3.05, 3.63) is 0 Å². The molecule has 0 amide bonds. The van der Waals surface area contributed by atoms with Crippen LogP contribution in [-0.4, -0.2) is 28.3 Å². The molecule has 0 aromatic rings. The molecule has 15 heavy (non-hydrogen) atoms. The Balaban J connectivity index is 3.98. The van der Waals surface area contributed by atoms with Crippen molar-refractivity contribution in [3.8, 4) is 0 Å². The van der Waals surface area contributed by atoms with Gasteiger partial charge in [-0.15, -0.1) is 0 Å². The smallest absolute Gasteiger partial charge is 0.376 e. The van der Waals surface area contributed by atoms with Crippen LogP contribution in [0.4, 0.5) is 0 Å². The van der Waals surface area contributed by atoms with E-state index in [1.165, 1.54) is 0 Å². The summed E-state index contributed by atoms with van der Waals surface area (Å²) in [5, 5.41) is 0. The topological polar surface area (TPSA) is 27.7 Å². The minimum absolute atomic E-state index is 0.127. The van der Waals surface area contributed by atoms with Gasteiger partial charge in [0.1, 0.15) is 0 Å². The molecule has 0 fully saturated rings. The van der Waals surface area contributed by atoms with E-state index < -0.39 is 9.53 Å². The Kier molecular flexibility index (Phi) is 8.33. The maximum absolute atomic E-state index is 5.89. The van der Waals surface area contributed by atoms with Gasteiger partial charge in [0, 0.05) is 13.2 Å². The average Bonchev–Trinajstić information content (AvgIpc) is 2.22. The van der Waals surface area contributed by atoms with Gasteiger partial charge in [-0.05, 0) is 33.1 Å².